The van der Waals surface area contributed by atoms with Gasteiger partial charge in [0.2, 0.25) is 0 Å². The van der Waals surface area contributed by atoms with E-state index in [2.05, 4.69) is 0 Å². The lowest BCUT2D eigenvalue weighted by molar-refractivity contribution is -0.136. The maximum Gasteiger partial charge on any atom is 0.418 e. The van der Waals surface area contributed by atoms with E-state index in [0.717, 1.165) is 12.7 Å². The number of nitrogen functional groups attached to an aromatic ring is 1. The average Bonchev–Trinajstić information content (AvgIpc) is 3.17. The SMILES string of the molecule is CN(CCOCC1CC1)c1ccc(N)c(C(F)(F)F)c1. The van der Waals surface area contributed by atoms with Gasteiger partial charge in [0, 0.05) is 31.6 Å². The summed E-state index contributed by atoms with van der Waals surface area (Å²) in [5.74, 6) is 0.689. The van der Waals surface area contributed by atoms with Gasteiger partial charge in [0.15, 0.2) is 0 Å². The summed E-state index contributed by atoms with van der Waals surface area (Å²) >= 11 is 0. The molecule has 0 atom stereocenters. The van der Waals surface area contributed by atoms with E-state index < -0.39 is 11.7 Å². The highest BCUT2D eigenvalue weighted by Crippen LogP contribution is 2.35. The molecule has 0 aromatic heterocycles. The van der Waals surface area contributed by atoms with E-state index >= 15 is 0 Å². The molecule has 1 aliphatic carbocycles. The van der Waals surface area contributed by atoms with Gasteiger partial charge >= 0.3 is 6.18 Å². The van der Waals surface area contributed by atoms with Crippen molar-refractivity contribution in [2.75, 3.05) is 37.4 Å². The highest BCUT2D eigenvalue weighted by molar-refractivity contribution is 5.59. The van der Waals surface area contributed by atoms with Crippen molar-refractivity contribution in [2.45, 2.75) is 19.0 Å². The third-order valence-corrected chi connectivity index (χ3v) is 3.40. The van der Waals surface area contributed by atoms with E-state index in [1.54, 1.807) is 18.0 Å². The molecule has 3 nitrogen and oxygen atoms in total. The Hall–Kier alpha value is -1.43. The number of alkyl halides is 3. The molecule has 0 unspecified atom stereocenters. The molecule has 2 N–H and O–H groups in total. The maximum atomic E-state index is 12.8. The van der Waals surface area contributed by atoms with Crippen LogP contribution in [0.4, 0.5) is 24.5 Å². The van der Waals surface area contributed by atoms with Crippen LogP contribution in [0.5, 0.6) is 0 Å². The number of halogens is 3. The number of likely N-dealkylation sites (N-methyl/N-ethyl adjacent to an activating group) is 1. The molecular weight excluding hydrogens is 269 g/mol. The first kappa shape index (κ1) is 15.0. The van der Waals surface area contributed by atoms with Gasteiger partial charge in [-0.3, -0.25) is 0 Å². The molecule has 1 fully saturated rings. The zero-order chi connectivity index (χ0) is 14.8. The number of benzene rings is 1. The molecule has 0 amide bonds. The Labute approximate surface area is 116 Å². The quantitative estimate of drug-likeness (QED) is 0.645. The Morgan fingerprint density at radius 3 is 2.65 bits per heavy atom. The van der Waals surface area contributed by atoms with Crippen LogP contribution in [0.1, 0.15) is 18.4 Å². The molecule has 2 rings (SSSR count). The minimum atomic E-state index is -4.43. The predicted octanol–water partition coefficient (Wildman–Crippen LogP) is 3.15. The molecule has 0 bridgehead atoms. The van der Waals surface area contributed by atoms with E-state index in [4.69, 9.17) is 10.5 Å². The lowest BCUT2D eigenvalue weighted by Gasteiger charge is -2.21. The smallest absolute Gasteiger partial charge is 0.398 e. The normalized spacial score (nSPS) is 15.4. The Morgan fingerprint density at radius 1 is 1.35 bits per heavy atom. The van der Waals surface area contributed by atoms with Crippen molar-refractivity contribution >= 4 is 11.4 Å². The summed E-state index contributed by atoms with van der Waals surface area (Å²) in [7, 11) is 1.74. The van der Waals surface area contributed by atoms with Crippen LogP contribution in [0.25, 0.3) is 0 Å². The first-order valence-corrected chi connectivity index (χ1v) is 6.63. The Balaban J connectivity index is 1.92. The fourth-order valence-corrected chi connectivity index (χ4v) is 1.89. The number of ether oxygens (including phenoxy) is 1. The third-order valence-electron chi connectivity index (χ3n) is 3.40. The molecular formula is C14H19F3N2O. The van der Waals surface area contributed by atoms with E-state index in [0.29, 0.717) is 24.8 Å². The van der Waals surface area contributed by atoms with Crippen LogP contribution in [0, 0.1) is 5.92 Å². The number of nitrogens with two attached hydrogens (primary N) is 1. The van der Waals surface area contributed by atoms with Gasteiger partial charge in [-0.15, -0.1) is 0 Å². The van der Waals surface area contributed by atoms with Crippen LogP contribution in [-0.2, 0) is 10.9 Å². The first-order chi connectivity index (χ1) is 9.38. The fraction of sp³-hybridized carbons (Fsp3) is 0.571. The summed E-state index contributed by atoms with van der Waals surface area (Å²) in [6, 6.07) is 3.96. The fourth-order valence-electron chi connectivity index (χ4n) is 1.89. The molecule has 20 heavy (non-hydrogen) atoms. The summed E-state index contributed by atoms with van der Waals surface area (Å²) in [6.07, 6.45) is -1.98. The van der Waals surface area contributed by atoms with Crippen LogP contribution >= 0.6 is 0 Å². The Bertz CT molecular complexity index is 458. The Morgan fingerprint density at radius 2 is 2.05 bits per heavy atom. The molecule has 0 spiro atoms. The second-order valence-corrected chi connectivity index (χ2v) is 5.21. The molecule has 1 aromatic rings. The molecule has 1 saturated carbocycles. The van der Waals surface area contributed by atoms with Gasteiger partial charge in [-0.1, -0.05) is 0 Å². The summed E-state index contributed by atoms with van der Waals surface area (Å²) in [4.78, 5) is 1.74. The van der Waals surface area contributed by atoms with Gasteiger partial charge in [-0.2, -0.15) is 13.2 Å². The minimum Gasteiger partial charge on any atom is -0.398 e. The van der Waals surface area contributed by atoms with Crippen LogP contribution < -0.4 is 10.6 Å². The van der Waals surface area contributed by atoms with Gasteiger partial charge in [0.25, 0.3) is 0 Å². The van der Waals surface area contributed by atoms with Crippen molar-refractivity contribution in [3.8, 4) is 0 Å². The van der Waals surface area contributed by atoms with Crippen LogP contribution in [-0.4, -0.2) is 26.8 Å². The van der Waals surface area contributed by atoms with Gasteiger partial charge < -0.3 is 15.4 Å². The van der Waals surface area contributed by atoms with Gasteiger partial charge in [-0.05, 0) is 37.0 Å². The molecule has 0 radical (unpaired) electrons. The predicted molar refractivity (Wildman–Crippen MR) is 72.7 cm³/mol. The van der Waals surface area contributed by atoms with Crippen molar-refractivity contribution in [3.05, 3.63) is 23.8 Å². The lowest BCUT2D eigenvalue weighted by atomic mass is 10.1. The molecule has 0 aliphatic heterocycles. The van der Waals surface area contributed by atoms with Crippen molar-refractivity contribution in [2.24, 2.45) is 5.92 Å². The van der Waals surface area contributed by atoms with Crippen molar-refractivity contribution in [3.63, 3.8) is 0 Å². The van der Waals surface area contributed by atoms with Crippen LogP contribution in [0.2, 0.25) is 0 Å². The van der Waals surface area contributed by atoms with Crippen LogP contribution in [0.3, 0.4) is 0 Å². The van der Waals surface area contributed by atoms with E-state index in [1.165, 1.54) is 18.9 Å². The van der Waals surface area contributed by atoms with Gasteiger partial charge in [-0.25, -0.2) is 0 Å². The largest absolute Gasteiger partial charge is 0.418 e. The number of rotatable bonds is 6. The maximum absolute atomic E-state index is 12.8. The lowest BCUT2D eigenvalue weighted by Crippen LogP contribution is -2.23. The zero-order valence-corrected chi connectivity index (χ0v) is 11.4. The monoisotopic (exact) mass is 288 g/mol. The number of hydrogen-bond acceptors (Lipinski definition) is 3. The van der Waals surface area contributed by atoms with E-state index in [9.17, 15) is 13.2 Å². The molecule has 1 aliphatic rings. The molecule has 112 valence electrons. The van der Waals surface area contributed by atoms with Crippen molar-refractivity contribution in [1.29, 1.82) is 0 Å². The number of nitrogens with zero attached hydrogens (tertiary/aromatic N) is 1. The minimum absolute atomic E-state index is 0.250. The second-order valence-electron chi connectivity index (χ2n) is 5.21. The van der Waals surface area contributed by atoms with E-state index in [-0.39, 0.29) is 5.69 Å². The highest BCUT2D eigenvalue weighted by Gasteiger charge is 2.33. The number of anilines is 2. The molecule has 0 heterocycles. The third kappa shape index (κ3) is 4.03. The zero-order valence-electron chi connectivity index (χ0n) is 11.4. The number of hydrogen-bond donors (Lipinski definition) is 1. The molecule has 1 aromatic carbocycles. The second kappa shape index (κ2) is 5.91. The first-order valence-electron chi connectivity index (χ1n) is 6.63. The van der Waals surface area contributed by atoms with Gasteiger partial charge in [0.05, 0.1) is 12.2 Å². The van der Waals surface area contributed by atoms with Gasteiger partial charge in [0.1, 0.15) is 0 Å². The molecule has 0 saturated heterocycles. The topological polar surface area (TPSA) is 38.5 Å². The van der Waals surface area contributed by atoms with E-state index in [1.807, 2.05) is 0 Å². The highest BCUT2D eigenvalue weighted by atomic mass is 19.4. The summed E-state index contributed by atoms with van der Waals surface area (Å²) in [5, 5.41) is 0. The molecule has 6 heteroatoms. The van der Waals surface area contributed by atoms with Crippen LogP contribution in [0.15, 0.2) is 18.2 Å². The summed E-state index contributed by atoms with van der Waals surface area (Å²) in [6.45, 7) is 1.82. The average molecular weight is 288 g/mol. The summed E-state index contributed by atoms with van der Waals surface area (Å²) < 4.78 is 43.8. The van der Waals surface area contributed by atoms with Crippen molar-refractivity contribution < 1.29 is 17.9 Å². The van der Waals surface area contributed by atoms with Crippen molar-refractivity contribution in [1.82, 2.24) is 0 Å². The summed E-state index contributed by atoms with van der Waals surface area (Å²) in [5.41, 5.74) is 4.82. The Kier molecular flexibility index (Phi) is 4.42. The standard InChI is InChI=1S/C14H19F3N2O/c1-19(6-7-20-9-10-2-3-10)11-4-5-13(18)12(8-11)14(15,16)17/h4-5,8,10H,2-3,6-7,9,18H2,1H3.